The predicted molar refractivity (Wildman–Crippen MR) is 68.0 cm³/mol. The monoisotopic (exact) mass is 334 g/mol. The number of halogens is 4. The molecule has 0 atom stereocenters. The van der Waals surface area contributed by atoms with Crippen molar-refractivity contribution in [1.82, 2.24) is 9.78 Å². The van der Waals surface area contributed by atoms with Crippen LogP contribution in [0.2, 0.25) is 0 Å². The first-order valence-corrected chi connectivity index (χ1v) is 6.12. The van der Waals surface area contributed by atoms with E-state index in [4.69, 9.17) is 4.74 Å². The first-order chi connectivity index (χ1) is 8.90. The maximum absolute atomic E-state index is 12.3. The maximum atomic E-state index is 12.3. The molecule has 0 bridgehead atoms. The van der Waals surface area contributed by atoms with Crippen LogP contribution in [0.25, 0.3) is 11.1 Å². The van der Waals surface area contributed by atoms with E-state index in [2.05, 4.69) is 21.0 Å². The zero-order valence-electron chi connectivity index (χ0n) is 9.91. The van der Waals surface area contributed by atoms with Gasteiger partial charge < -0.3 is 4.74 Å². The van der Waals surface area contributed by atoms with E-state index in [1.165, 1.54) is 19.5 Å². The minimum absolute atomic E-state index is 0.564. The lowest BCUT2D eigenvalue weighted by atomic mass is 10.1. The minimum atomic E-state index is -4.29. The summed E-state index contributed by atoms with van der Waals surface area (Å²) in [6, 6.07) is 5.34. The summed E-state index contributed by atoms with van der Waals surface area (Å²) in [4.78, 5) is 0. The lowest BCUT2D eigenvalue weighted by Crippen LogP contribution is -2.17. The quantitative estimate of drug-likeness (QED) is 0.851. The van der Waals surface area contributed by atoms with E-state index in [9.17, 15) is 13.2 Å². The minimum Gasteiger partial charge on any atom is -0.495 e. The van der Waals surface area contributed by atoms with Crippen LogP contribution in [0.1, 0.15) is 0 Å². The Morgan fingerprint density at radius 1 is 1.37 bits per heavy atom. The van der Waals surface area contributed by atoms with Crippen molar-refractivity contribution in [1.29, 1.82) is 0 Å². The van der Waals surface area contributed by atoms with Crippen LogP contribution >= 0.6 is 15.9 Å². The summed E-state index contributed by atoms with van der Waals surface area (Å²) >= 11 is 3.33. The summed E-state index contributed by atoms with van der Waals surface area (Å²) in [6.45, 7) is -1.11. The number of rotatable bonds is 3. The van der Waals surface area contributed by atoms with Crippen LogP contribution in [-0.4, -0.2) is 23.1 Å². The molecule has 0 aliphatic heterocycles. The van der Waals surface area contributed by atoms with Crippen molar-refractivity contribution in [2.45, 2.75) is 12.7 Å². The van der Waals surface area contributed by atoms with Crippen LogP contribution < -0.4 is 4.74 Å². The Hall–Kier alpha value is -1.50. The molecular weight excluding hydrogens is 325 g/mol. The third kappa shape index (κ3) is 3.28. The van der Waals surface area contributed by atoms with E-state index in [0.717, 1.165) is 9.15 Å². The third-order valence-electron chi connectivity index (χ3n) is 2.46. The zero-order chi connectivity index (χ0) is 14.0. The second kappa shape index (κ2) is 5.24. The van der Waals surface area contributed by atoms with Gasteiger partial charge in [0.1, 0.15) is 12.3 Å². The molecule has 3 nitrogen and oxygen atoms in total. The Morgan fingerprint density at radius 3 is 2.74 bits per heavy atom. The summed E-state index contributed by atoms with van der Waals surface area (Å²) in [5.41, 5.74) is 1.26. The molecule has 1 aromatic carbocycles. The van der Waals surface area contributed by atoms with Crippen LogP contribution in [0, 0.1) is 0 Å². The molecule has 0 aliphatic carbocycles. The first-order valence-electron chi connectivity index (χ1n) is 5.33. The highest BCUT2D eigenvalue weighted by molar-refractivity contribution is 9.10. The second-order valence-electron chi connectivity index (χ2n) is 3.86. The van der Waals surface area contributed by atoms with Crippen molar-refractivity contribution in [2.75, 3.05) is 7.11 Å². The van der Waals surface area contributed by atoms with Crippen molar-refractivity contribution in [3.05, 3.63) is 35.1 Å². The molecule has 19 heavy (non-hydrogen) atoms. The average molecular weight is 335 g/mol. The van der Waals surface area contributed by atoms with Gasteiger partial charge in [-0.05, 0) is 22.0 Å². The number of nitrogens with zero attached hydrogens (tertiary/aromatic N) is 2. The molecule has 0 saturated carbocycles. The molecule has 0 saturated heterocycles. The van der Waals surface area contributed by atoms with Crippen LogP contribution in [0.3, 0.4) is 0 Å². The van der Waals surface area contributed by atoms with Crippen molar-refractivity contribution < 1.29 is 17.9 Å². The summed E-state index contributed by atoms with van der Waals surface area (Å²) in [7, 11) is 1.50. The molecule has 1 aromatic heterocycles. The average Bonchev–Trinajstić information content (AvgIpc) is 2.74. The van der Waals surface area contributed by atoms with Gasteiger partial charge in [0.15, 0.2) is 0 Å². The molecule has 7 heteroatoms. The summed E-state index contributed by atoms with van der Waals surface area (Å²) in [5, 5.41) is 3.71. The number of methoxy groups -OCH3 is 1. The normalized spacial score (nSPS) is 11.6. The van der Waals surface area contributed by atoms with Crippen LogP contribution in [0.4, 0.5) is 13.2 Å². The van der Waals surface area contributed by atoms with Gasteiger partial charge in [0, 0.05) is 17.3 Å². The zero-order valence-corrected chi connectivity index (χ0v) is 11.5. The fraction of sp³-hybridized carbons (Fsp3) is 0.250. The fourth-order valence-corrected chi connectivity index (χ4v) is 2.24. The van der Waals surface area contributed by atoms with Gasteiger partial charge >= 0.3 is 6.18 Å². The van der Waals surface area contributed by atoms with Crippen molar-refractivity contribution in [3.8, 4) is 16.9 Å². The molecule has 2 aromatic rings. The number of benzene rings is 1. The number of ether oxygens (including phenoxy) is 1. The Labute approximate surface area is 116 Å². The SMILES string of the molecule is COc1c(Br)cccc1-c1cnn(CC(F)(F)F)c1. The van der Waals surface area contributed by atoms with Crippen LogP contribution in [0.5, 0.6) is 5.75 Å². The standard InChI is InChI=1S/C12H10BrF3N2O/c1-19-11-9(3-2-4-10(11)13)8-5-17-18(6-8)7-12(14,15)16/h2-6H,7H2,1H3. The Bertz CT molecular complexity index is 581. The number of hydrogen-bond donors (Lipinski definition) is 0. The van der Waals surface area contributed by atoms with Crippen molar-refractivity contribution in [3.63, 3.8) is 0 Å². The maximum Gasteiger partial charge on any atom is 0.408 e. The number of para-hydroxylation sites is 1. The third-order valence-corrected chi connectivity index (χ3v) is 3.08. The van der Waals surface area contributed by atoms with Gasteiger partial charge in [-0.2, -0.15) is 18.3 Å². The van der Waals surface area contributed by atoms with Gasteiger partial charge in [-0.15, -0.1) is 0 Å². The number of hydrogen-bond acceptors (Lipinski definition) is 2. The lowest BCUT2D eigenvalue weighted by Gasteiger charge is -2.08. The number of aromatic nitrogens is 2. The van der Waals surface area contributed by atoms with E-state index in [0.29, 0.717) is 16.9 Å². The van der Waals surface area contributed by atoms with Gasteiger partial charge in [-0.25, -0.2) is 0 Å². The largest absolute Gasteiger partial charge is 0.495 e. The van der Waals surface area contributed by atoms with E-state index >= 15 is 0 Å². The molecule has 0 unspecified atom stereocenters. The molecule has 0 spiro atoms. The second-order valence-corrected chi connectivity index (χ2v) is 4.72. The molecule has 0 radical (unpaired) electrons. The van der Waals surface area contributed by atoms with Gasteiger partial charge in [0.05, 0.1) is 17.8 Å². The predicted octanol–water partition coefficient (Wildman–Crippen LogP) is 3.88. The Balaban J connectivity index is 2.36. The molecule has 102 valence electrons. The molecule has 1 heterocycles. The van der Waals surface area contributed by atoms with E-state index in [1.807, 2.05) is 0 Å². The first kappa shape index (κ1) is 13.9. The fourth-order valence-electron chi connectivity index (χ4n) is 1.72. The molecule has 0 amide bonds. The highest BCUT2D eigenvalue weighted by Crippen LogP contribution is 2.36. The molecule has 0 aliphatic rings. The van der Waals surface area contributed by atoms with Gasteiger partial charge in [0.25, 0.3) is 0 Å². The van der Waals surface area contributed by atoms with Gasteiger partial charge in [-0.3, -0.25) is 4.68 Å². The van der Waals surface area contributed by atoms with Gasteiger partial charge in [-0.1, -0.05) is 12.1 Å². The van der Waals surface area contributed by atoms with E-state index in [-0.39, 0.29) is 0 Å². The van der Waals surface area contributed by atoms with E-state index < -0.39 is 12.7 Å². The summed E-state index contributed by atoms with van der Waals surface area (Å²) in [5.74, 6) is 0.564. The topological polar surface area (TPSA) is 27.1 Å². The van der Waals surface area contributed by atoms with Crippen molar-refractivity contribution in [2.24, 2.45) is 0 Å². The Morgan fingerprint density at radius 2 is 2.11 bits per heavy atom. The van der Waals surface area contributed by atoms with E-state index in [1.54, 1.807) is 18.2 Å². The highest BCUT2D eigenvalue weighted by atomic mass is 79.9. The van der Waals surface area contributed by atoms with Crippen molar-refractivity contribution >= 4 is 15.9 Å². The van der Waals surface area contributed by atoms with Crippen LogP contribution in [-0.2, 0) is 6.54 Å². The molecule has 2 rings (SSSR count). The molecule has 0 N–H and O–H groups in total. The highest BCUT2D eigenvalue weighted by Gasteiger charge is 2.28. The smallest absolute Gasteiger partial charge is 0.408 e. The van der Waals surface area contributed by atoms with Crippen LogP contribution in [0.15, 0.2) is 35.1 Å². The summed E-state index contributed by atoms with van der Waals surface area (Å²) < 4.78 is 43.6. The number of alkyl halides is 3. The Kier molecular flexibility index (Phi) is 3.84. The molecule has 0 fully saturated rings. The summed E-state index contributed by atoms with van der Waals surface area (Å²) in [6.07, 6.45) is -1.56. The lowest BCUT2D eigenvalue weighted by molar-refractivity contribution is -0.142. The molecular formula is C12H10BrF3N2O. The van der Waals surface area contributed by atoms with Gasteiger partial charge in [0.2, 0.25) is 0 Å².